The summed E-state index contributed by atoms with van der Waals surface area (Å²) in [6, 6.07) is 18.7. The van der Waals surface area contributed by atoms with Crippen LogP contribution in [0.3, 0.4) is 0 Å². The maximum absolute atomic E-state index is 5.95. The van der Waals surface area contributed by atoms with Crippen LogP contribution in [-0.4, -0.2) is 57.4 Å². The largest absolute Gasteiger partial charge is 0.492 e. The van der Waals surface area contributed by atoms with Gasteiger partial charge >= 0.3 is 0 Å². The molecule has 1 aliphatic rings. The average molecular weight is 524 g/mol. The molecule has 1 heterocycles. The Labute approximate surface area is 197 Å². The zero-order valence-electron chi connectivity index (χ0n) is 17.8. The highest BCUT2D eigenvalue weighted by Crippen LogP contribution is 2.14. The van der Waals surface area contributed by atoms with Crippen LogP contribution >= 0.6 is 24.0 Å². The van der Waals surface area contributed by atoms with Crippen molar-refractivity contribution in [2.24, 2.45) is 4.99 Å². The number of benzene rings is 2. The van der Waals surface area contributed by atoms with Crippen LogP contribution in [0, 0.1) is 0 Å². The van der Waals surface area contributed by atoms with E-state index in [9.17, 15) is 0 Å². The van der Waals surface area contributed by atoms with Gasteiger partial charge in [-0.2, -0.15) is 0 Å². The summed E-state index contributed by atoms with van der Waals surface area (Å²) >= 11 is 0. The molecule has 3 rings (SSSR count). The lowest BCUT2D eigenvalue weighted by Gasteiger charge is -2.26. The fourth-order valence-electron chi connectivity index (χ4n) is 3.27. The SMILES string of the molecule is CN=C(NCc1cccc(OCCN2CCOCC2)c1)NC(C)c1ccccc1.I. The molecule has 0 bridgehead atoms. The van der Waals surface area contributed by atoms with E-state index in [2.05, 4.69) is 51.7 Å². The minimum atomic E-state index is 0. The number of hydrogen-bond acceptors (Lipinski definition) is 4. The van der Waals surface area contributed by atoms with Gasteiger partial charge in [-0.3, -0.25) is 9.89 Å². The van der Waals surface area contributed by atoms with Gasteiger partial charge < -0.3 is 20.1 Å². The second kappa shape index (κ2) is 13.5. The van der Waals surface area contributed by atoms with E-state index in [1.54, 1.807) is 7.05 Å². The van der Waals surface area contributed by atoms with Crippen LogP contribution in [0.25, 0.3) is 0 Å². The molecular formula is C23H33IN4O2. The number of rotatable bonds is 8. The van der Waals surface area contributed by atoms with Gasteiger partial charge in [-0.05, 0) is 30.2 Å². The van der Waals surface area contributed by atoms with Crippen LogP contribution in [0.1, 0.15) is 24.1 Å². The molecule has 6 nitrogen and oxygen atoms in total. The summed E-state index contributed by atoms with van der Waals surface area (Å²) in [6.07, 6.45) is 0. The Morgan fingerprint density at radius 2 is 1.90 bits per heavy atom. The fraction of sp³-hybridized carbons (Fsp3) is 0.435. The minimum absolute atomic E-state index is 0. The zero-order valence-corrected chi connectivity index (χ0v) is 20.2. The summed E-state index contributed by atoms with van der Waals surface area (Å²) in [5.41, 5.74) is 2.38. The van der Waals surface area contributed by atoms with Crippen LogP contribution in [0.4, 0.5) is 0 Å². The van der Waals surface area contributed by atoms with Crippen molar-refractivity contribution in [2.45, 2.75) is 19.5 Å². The number of hydrogen-bond donors (Lipinski definition) is 2. The quantitative estimate of drug-likeness (QED) is 0.315. The summed E-state index contributed by atoms with van der Waals surface area (Å²) in [4.78, 5) is 6.71. The predicted molar refractivity (Wildman–Crippen MR) is 133 cm³/mol. The molecule has 1 unspecified atom stereocenters. The first-order valence-corrected chi connectivity index (χ1v) is 10.3. The Morgan fingerprint density at radius 3 is 2.63 bits per heavy atom. The molecule has 0 amide bonds. The number of morpholine rings is 1. The van der Waals surface area contributed by atoms with E-state index in [-0.39, 0.29) is 30.0 Å². The minimum Gasteiger partial charge on any atom is -0.492 e. The first-order chi connectivity index (χ1) is 14.2. The molecule has 2 aromatic rings. The van der Waals surface area contributed by atoms with Crippen molar-refractivity contribution < 1.29 is 9.47 Å². The number of nitrogens with zero attached hydrogens (tertiary/aromatic N) is 2. The topological polar surface area (TPSA) is 58.1 Å². The molecule has 0 radical (unpaired) electrons. The first kappa shape index (κ1) is 24.4. The number of aliphatic imine (C=N–C) groups is 1. The third-order valence-corrected chi connectivity index (χ3v) is 5.01. The molecule has 0 aromatic heterocycles. The van der Waals surface area contributed by atoms with Gasteiger partial charge in [0.15, 0.2) is 5.96 Å². The van der Waals surface area contributed by atoms with Crippen molar-refractivity contribution >= 4 is 29.9 Å². The molecule has 2 aromatic carbocycles. The summed E-state index contributed by atoms with van der Waals surface area (Å²) in [7, 11) is 1.79. The van der Waals surface area contributed by atoms with Crippen molar-refractivity contribution in [3.8, 4) is 5.75 Å². The van der Waals surface area contributed by atoms with E-state index in [4.69, 9.17) is 9.47 Å². The summed E-state index contributed by atoms with van der Waals surface area (Å²) in [5, 5.41) is 6.81. The van der Waals surface area contributed by atoms with Gasteiger partial charge in [0.05, 0.1) is 19.3 Å². The van der Waals surface area contributed by atoms with Crippen LogP contribution in [0.15, 0.2) is 59.6 Å². The van der Waals surface area contributed by atoms with Crippen molar-refractivity contribution in [2.75, 3.05) is 46.5 Å². The third kappa shape index (κ3) is 8.12. The molecule has 2 N–H and O–H groups in total. The molecule has 30 heavy (non-hydrogen) atoms. The van der Waals surface area contributed by atoms with Gasteiger partial charge in [-0.25, -0.2) is 0 Å². The highest BCUT2D eigenvalue weighted by atomic mass is 127. The standard InChI is InChI=1S/C23H32N4O2.HI/c1-19(21-8-4-3-5-9-21)26-23(24-2)25-18-20-7-6-10-22(17-20)29-16-13-27-11-14-28-15-12-27;/h3-10,17,19H,11-16,18H2,1-2H3,(H2,24,25,26);1H. The van der Waals surface area contributed by atoms with Gasteiger partial charge in [0.1, 0.15) is 12.4 Å². The predicted octanol–water partition coefficient (Wildman–Crippen LogP) is 3.44. The number of ether oxygens (including phenoxy) is 2. The smallest absolute Gasteiger partial charge is 0.191 e. The van der Waals surface area contributed by atoms with E-state index in [0.29, 0.717) is 13.2 Å². The Kier molecular flexibility index (Phi) is 11.0. The Morgan fingerprint density at radius 1 is 1.13 bits per heavy atom. The van der Waals surface area contributed by atoms with E-state index in [1.165, 1.54) is 5.56 Å². The van der Waals surface area contributed by atoms with E-state index < -0.39 is 0 Å². The van der Waals surface area contributed by atoms with Crippen LogP contribution in [0.2, 0.25) is 0 Å². The number of halogens is 1. The molecule has 164 valence electrons. The van der Waals surface area contributed by atoms with Gasteiger partial charge in [0, 0.05) is 33.2 Å². The van der Waals surface area contributed by atoms with Gasteiger partial charge in [0.25, 0.3) is 0 Å². The monoisotopic (exact) mass is 524 g/mol. The number of nitrogens with one attached hydrogen (secondary N) is 2. The summed E-state index contributed by atoms with van der Waals surface area (Å²) in [5.74, 6) is 1.68. The van der Waals surface area contributed by atoms with Gasteiger partial charge in [-0.1, -0.05) is 42.5 Å². The molecule has 1 fully saturated rings. The fourth-order valence-corrected chi connectivity index (χ4v) is 3.27. The van der Waals surface area contributed by atoms with Crippen LogP contribution in [-0.2, 0) is 11.3 Å². The lowest BCUT2D eigenvalue weighted by Crippen LogP contribution is -2.38. The zero-order chi connectivity index (χ0) is 20.3. The van der Waals surface area contributed by atoms with E-state index >= 15 is 0 Å². The third-order valence-electron chi connectivity index (χ3n) is 5.01. The van der Waals surface area contributed by atoms with Gasteiger partial charge in [-0.15, -0.1) is 24.0 Å². The van der Waals surface area contributed by atoms with Crippen molar-refractivity contribution in [3.05, 3.63) is 65.7 Å². The summed E-state index contributed by atoms with van der Waals surface area (Å²) < 4.78 is 11.3. The molecule has 0 saturated carbocycles. The normalized spacial score (nSPS) is 15.7. The molecule has 1 aliphatic heterocycles. The Balaban J connectivity index is 0.00000320. The molecule has 0 aliphatic carbocycles. The highest BCUT2D eigenvalue weighted by Gasteiger charge is 2.10. The van der Waals surface area contributed by atoms with E-state index in [0.717, 1.165) is 50.1 Å². The van der Waals surface area contributed by atoms with Crippen LogP contribution < -0.4 is 15.4 Å². The lowest BCUT2D eigenvalue weighted by molar-refractivity contribution is 0.0322. The van der Waals surface area contributed by atoms with Crippen molar-refractivity contribution in [1.29, 1.82) is 0 Å². The maximum atomic E-state index is 5.95. The molecule has 0 spiro atoms. The first-order valence-electron chi connectivity index (χ1n) is 10.3. The Bertz CT molecular complexity index is 767. The molecule has 1 atom stereocenters. The van der Waals surface area contributed by atoms with Crippen molar-refractivity contribution in [3.63, 3.8) is 0 Å². The summed E-state index contributed by atoms with van der Waals surface area (Å²) in [6.45, 7) is 8.04. The van der Waals surface area contributed by atoms with Crippen molar-refractivity contribution in [1.82, 2.24) is 15.5 Å². The van der Waals surface area contributed by atoms with Gasteiger partial charge in [0.2, 0.25) is 0 Å². The molecule has 1 saturated heterocycles. The van der Waals surface area contributed by atoms with E-state index in [1.807, 2.05) is 30.3 Å². The highest BCUT2D eigenvalue weighted by molar-refractivity contribution is 14.0. The molecular weight excluding hydrogens is 491 g/mol. The maximum Gasteiger partial charge on any atom is 0.191 e. The average Bonchev–Trinajstić information content (AvgIpc) is 2.78. The lowest BCUT2D eigenvalue weighted by atomic mass is 10.1. The Hall–Kier alpha value is -1.84. The number of guanidine groups is 1. The van der Waals surface area contributed by atoms with Crippen LogP contribution in [0.5, 0.6) is 5.75 Å². The molecule has 7 heteroatoms. The second-order valence-electron chi connectivity index (χ2n) is 7.15. The second-order valence-corrected chi connectivity index (χ2v) is 7.15.